The van der Waals surface area contributed by atoms with Crippen LogP contribution in [0, 0.1) is 0 Å². The Hall–Kier alpha value is -2.15. The first-order valence-electron chi connectivity index (χ1n) is 9.40. The topological polar surface area (TPSA) is 78.4 Å². The van der Waals surface area contributed by atoms with Gasteiger partial charge in [-0.3, -0.25) is 5.32 Å². The Labute approximate surface area is 157 Å². The number of carbonyl (C=O) groups is 1. The quantitative estimate of drug-likeness (QED) is 0.821. The van der Waals surface area contributed by atoms with E-state index in [1.54, 1.807) is 12.1 Å². The van der Waals surface area contributed by atoms with Crippen molar-refractivity contribution in [3.63, 3.8) is 0 Å². The van der Waals surface area contributed by atoms with Gasteiger partial charge in [-0.15, -0.1) is 10.2 Å². The second-order valence-electron chi connectivity index (χ2n) is 7.15. The molecule has 6 nitrogen and oxygen atoms in total. The number of hydrogen-bond donors (Lipinski definition) is 2. The van der Waals surface area contributed by atoms with E-state index in [4.69, 9.17) is 0 Å². The van der Waals surface area contributed by atoms with Crippen molar-refractivity contribution >= 4 is 22.5 Å². The molecule has 1 saturated carbocycles. The van der Waals surface area contributed by atoms with Crippen molar-refractivity contribution in [1.29, 1.82) is 0 Å². The number of nitrogens with one attached hydrogen (secondary N) is 1. The summed E-state index contributed by atoms with van der Waals surface area (Å²) in [5.74, 6) is 0.746. The highest BCUT2D eigenvalue weighted by Gasteiger charge is 2.30. The Morgan fingerprint density at radius 3 is 2.62 bits per heavy atom. The van der Waals surface area contributed by atoms with E-state index in [0.29, 0.717) is 11.0 Å². The number of aromatic nitrogens is 2. The number of carbonyl (C=O) groups excluding carboxylic acids is 1. The van der Waals surface area contributed by atoms with E-state index in [-0.39, 0.29) is 17.8 Å². The molecule has 4 rings (SSSR count). The number of amides is 2. The second-order valence-corrected chi connectivity index (χ2v) is 8.16. The van der Waals surface area contributed by atoms with Gasteiger partial charge in [-0.1, -0.05) is 42.7 Å². The number of benzene rings is 1. The molecular weight excluding hydrogens is 348 g/mol. The van der Waals surface area contributed by atoms with Gasteiger partial charge in [0.15, 0.2) is 0 Å². The molecule has 2 aromatic rings. The predicted molar refractivity (Wildman–Crippen MR) is 102 cm³/mol. The fourth-order valence-corrected chi connectivity index (χ4v) is 4.92. The van der Waals surface area contributed by atoms with E-state index in [1.165, 1.54) is 43.4 Å². The lowest BCUT2D eigenvalue weighted by molar-refractivity contribution is 0.207. The minimum absolute atomic E-state index is 0.0429. The van der Waals surface area contributed by atoms with Crippen LogP contribution in [0.15, 0.2) is 24.3 Å². The van der Waals surface area contributed by atoms with E-state index in [1.807, 2.05) is 17.0 Å². The van der Waals surface area contributed by atoms with Gasteiger partial charge in [0.1, 0.15) is 10.8 Å². The summed E-state index contributed by atoms with van der Waals surface area (Å²) < 4.78 is 0. The number of urea groups is 1. The van der Waals surface area contributed by atoms with E-state index in [9.17, 15) is 9.90 Å². The Balaban J connectivity index is 1.42. The molecule has 2 amide bonds. The first-order chi connectivity index (χ1) is 12.7. The van der Waals surface area contributed by atoms with Crippen molar-refractivity contribution < 1.29 is 9.90 Å². The zero-order valence-electron chi connectivity index (χ0n) is 14.7. The van der Waals surface area contributed by atoms with Gasteiger partial charge < -0.3 is 10.0 Å². The third-order valence-electron chi connectivity index (χ3n) is 5.40. The molecular formula is C19H24N4O2S. The van der Waals surface area contributed by atoms with Crippen molar-refractivity contribution in [2.24, 2.45) is 0 Å². The smallest absolute Gasteiger partial charge is 0.324 e. The Morgan fingerprint density at radius 2 is 1.85 bits per heavy atom. The van der Waals surface area contributed by atoms with E-state index in [0.717, 1.165) is 30.0 Å². The molecule has 1 aliphatic heterocycles. The lowest BCUT2D eigenvalue weighted by atomic mass is 9.90. The molecule has 2 heterocycles. The molecule has 1 unspecified atom stereocenters. The Kier molecular flexibility index (Phi) is 5.06. The largest absolute Gasteiger partial charge is 0.508 e. The fourth-order valence-electron chi connectivity index (χ4n) is 4.02. The molecule has 0 radical (unpaired) electrons. The number of nitrogens with zero attached hydrogens (tertiary/aromatic N) is 3. The van der Waals surface area contributed by atoms with Crippen molar-refractivity contribution in [3.05, 3.63) is 34.8 Å². The molecule has 2 aliphatic rings. The van der Waals surface area contributed by atoms with Gasteiger partial charge in [0.2, 0.25) is 5.13 Å². The van der Waals surface area contributed by atoms with Gasteiger partial charge in [-0.25, -0.2) is 4.79 Å². The number of phenolic OH excluding ortho intramolecular Hbond substituents is 1. The van der Waals surface area contributed by atoms with Gasteiger partial charge in [0, 0.05) is 12.5 Å². The SMILES string of the molecule is O=C(Nc1nnc(C2CCCCC2)s1)N1CCCC1c1ccc(O)cc1. The maximum Gasteiger partial charge on any atom is 0.324 e. The fraction of sp³-hybridized carbons (Fsp3) is 0.526. The summed E-state index contributed by atoms with van der Waals surface area (Å²) in [6, 6.07) is 7.04. The first-order valence-corrected chi connectivity index (χ1v) is 10.2. The highest BCUT2D eigenvalue weighted by Crippen LogP contribution is 2.36. The van der Waals surface area contributed by atoms with Crippen LogP contribution >= 0.6 is 11.3 Å². The van der Waals surface area contributed by atoms with Crippen LogP contribution in [0.4, 0.5) is 9.93 Å². The number of hydrogen-bond acceptors (Lipinski definition) is 5. The Bertz CT molecular complexity index is 755. The molecule has 1 aromatic heterocycles. The molecule has 1 atom stereocenters. The molecule has 1 saturated heterocycles. The molecule has 26 heavy (non-hydrogen) atoms. The normalized spacial score (nSPS) is 21.1. The van der Waals surface area contributed by atoms with Gasteiger partial charge in [0.05, 0.1) is 6.04 Å². The lowest BCUT2D eigenvalue weighted by Gasteiger charge is -2.24. The number of aromatic hydroxyl groups is 1. The van der Waals surface area contributed by atoms with Gasteiger partial charge in [-0.05, 0) is 43.4 Å². The number of phenols is 1. The molecule has 0 spiro atoms. The predicted octanol–water partition coefficient (Wildman–Crippen LogP) is 4.66. The third-order valence-corrected chi connectivity index (χ3v) is 6.40. The van der Waals surface area contributed by atoms with E-state index < -0.39 is 0 Å². The summed E-state index contributed by atoms with van der Waals surface area (Å²) in [5, 5.41) is 22.6. The van der Waals surface area contributed by atoms with E-state index >= 15 is 0 Å². The van der Waals surface area contributed by atoms with Crippen LogP contribution < -0.4 is 5.32 Å². The number of likely N-dealkylation sites (tertiary alicyclic amines) is 1. The Morgan fingerprint density at radius 1 is 1.08 bits per heavy atom. The summed E-state index contributed by atoms with van der Waals surface area (Å²) in [5.41, 5.74) is 1.05. The second kappa shape index (κ2) is 7.61. The highest BCUT2D eigenvalue weighted by atomic mass is 32.1. The minimum atomic E-state index is -0.119. The van der Waals surface area contributed by atoms with Crippen LogP contribution in [-0.2, 0) is 0 Å². The van der Waals surface area contributed by atoms with Crippen molar-refractivity contribution in [1.82, 2.24) is 15.1 Å². The molecule has 138 valence electrons. The highest BCUT2D eigenvalue weighted by molar-refractivity contribution is 7.15. The zero-order chi connectivity index (χ0) is 17.9. The van der Waals surface area contributed by atoms with Gasteiger partial charge in [-0.2, -0.15) is 0 Å². The molecule has 2 N–H and O–H groups in total. The monoisotopic (exact) mass is 372 g/mol. The summed E-state index contributed by atoms with van der Waals surface area (Å²) in [6.07, 6.45) is 8.09. The average molecular weight is 372 g/mol. The maximum atomic E-state index is 12.8. The summed E-state index contributed by atoms with van der Waals surface area (Å²) in [4.78, 5) is 14.6. The molecule has 1 aliphatic carbocycles. The molecule has 0 bridgehead atoms. The van der Waals surface area contributed by atoms with Crippen LogP contribution in [0.1, 0.15) is 67.5 Å². The number of anilines is 1. The molecule has 7 heteroatoms. The summed E-state index contributed by atoms with van der Waals surface area (Å²) >= 11 is 1.51. The number of rotatable bonds is 3. The molecule has 1 aromatic carbocycles. The van der Waals surface area contributed by atoms with Crippen LogP contribution in [0.5, 0.6) is 5.75 Å². The van der Waals surface area contributed by atoms with Gasteiger partial charge >= 0.3 is 6.03 Å². The third kappa shape index (κ3) is 3.67. The van der Waals surface area contributed by atoms with Crippen molar-refractivity contribution in [3.8, 4) is 5.75 Å². The van der Waals surface area contributed by atoms with Crippen molar-refractivity contribution in [2.45, 2.75) is 56.9 Å². The maximum absolute atomic E-state index is 12.8. The van der Waals surface area contributed by atoms with Gasteiger partial charge in [0.25, 0.3) is 0 Å². The summed E-state index contributed by atoms with van der Waals surface area (Å²) in [6.45, 7) is 0.728. The lowest BCUT2D eigenvalue weighted by Crippen LogP contribution is -2.34. The van der Waals surface area contributed by atoms with E-state index in [2.05, 4.69) is 15.5 Å². The summed E-state index contributed by atoms with van der Waals surface area (Å²) in [7, 11) is 0. The standard InChI is InChI=1S/C19H24N4O2S/c24-15-10-8-13(9-11-15)16-7-4-12-23(16)19(25)20-18-22-21-17(26-18)14-5-2-1-3-6-14/h8-11,14,16,24H,1-7,12H2,(H,20,22,25). The van der Waals surface area contributed by atoms with Crippen LogP contribution in [-0.4, -0.2) is 32.8 Å². The average Bonchev–Trinajstić information content (AvgIpc) is 3.33. The van der Waals surface area contributed by atoms with Crippen LogP contribution in [0.2, 0.25) is 0 Å². The zero-order valence-corrected chi connectivity index (χ0v) is 15.5. The van der Waals surface area contributed by atoms with Crippen LogP contribution in [0.25, 0.3) is 0 Å². The molecule has 2 fully saturated rings. The first kappa shape index (κ1) is 17.3. The minimum Gasteiger partial charge on any atom is -0.508 e. The van der Waals surface area contributed by atoms with Crippen molar-refractivity contribution in [2.75, 3.05) is 11.9 Å². The van der Waals surface area contributed by atoms with Crippen LogP contribution in [0.3, 0.4) is 0 Å².